The van der Waals surface area contributed by atoms with E-state index in [4.69, 9.17) is 0 Å². The lowest BCUT2D eigenvalue weighted by Gasteiger charge is -2.16. The van der Waals surface area contributed by atoms with Gasteiger partial charge in [0.2, 0.25) is 11.8 Å². The van der Waals surface area contributed by atoms with Gasteiger partial charge in [-0.2, -0.15) is 0 Å². The van der Waals surface area contributed by atoms with Crippen LogP contribution in [0.2, 0.25) is 0 Å². The zero-order chi connectivity index (χ0) is 13.3. The smallest absolute Gasteiger partial charge is 0.231 e. The average molecular weight is 242 g/mol. The molecule has 0 aromatic heterocycles. The van der Waals surface area contributed by atoms with E-state index in [9.17, 15) is 9.59 Å². The molecule has 0 spiro atoms. The third-order valence-electron chi connectivity index (χ3n) is 2.63. The lowest BCUT2D eigenvalue weighted by molar-refractivity contribution is -0.135. The van der Waals surface area contributed by atoms with Crippen molar-refractivity contribution < 1.29 is 9.59 Å². The minimum absolute atomic E-state index is 0.0295. The van der Waals surface area contributed by atoms with Crippen LogP contribution in [-0.2, 0) is 9.59 Å². The van der Waals surface area contributed by atoms with Crippen molar-refractivity contribution in [1.82, 2.24) is 10.2 Å². The molecule has 0 heterocycles. The number of carbonyl (C=O) groups excluding carboxylic acids is 2. The topological polar surface area (TPSA) is 49.4 Å². The third kappa shape index (κ3) is 8.72. The van der Waals surface area contributed by atoms with E-state index in [1.165, 1.54) is 0 Å². The summed E-state index contributed by atoms with van der Waals surface area (Å²) in [5.74, 6) is 0.303. The Bertz CT molecular complexity index is 240. The highest BCUT2D eigenvalue weighted by molar-refractivity contribution is 5.96. The number of unbranched alkanes of at least 4 members (excludes halogenated alkanes) is 1. The van der Waals surface area contributed by atoms with E-state index < -0.39 is 0 Å². The standard InChI is InChI=1S/C13H26N2O2/c1-5-6-9-15(4)13(17)10-12(16)14-8-7-11(2)3/h11H,5-10H2,1-4H3,(H,14,16). The van der Waals surface area contributed by atoms with Crippen molar-refractivity contribution in [3.05, 3.63) is 0 Å². The second-order valence-corrected chi connectivity index (χ2v) is 4.88. The van der Waals surface area contributed by atoms with Gasteiger partial charge in [0.25, 0.3) is 0 Å². The van der Waals surface area contributed by atoms with Crippen LogP contribution in [0.25, 0.3) is 0 Å². The number of nitrogens with one attached hydrogen (secondary N) is 1. The maximum absolute atomic E-state index is 11.6. The van der Waals surface area contributed by atoms with Gasteiger partial charge >= 0.3 is 0 Å². The van der Waals surface area contributed by atoms with E-state index >= 15 is 0 Å². The van der Waals surface area contributed by atoms with E-state index in [-0.39, 0.29) is 18.2 Å². The first kappa shape index (κ1) is 15.9. The predicted molar refractivity (Wildman–Crippen MR) is 69.6 cm³/mol. The largest absolute Gasteiger partial charge is 0.356 e. The Hall–Kier alpha value is -1.06. The molecule has 0 fully saturated rings. The van der Waals surface area contributed by atoms with Crippen LogP contribution in [0.4, 0.5) is 0 Å². The first-order chi connectivity index (χ1) is 7.97. The number of carbonyl (C=O) groups is 2. The summed E-state index contributed by atoms with van der Waals surface area (Å²) in [6.07, 6.45) is 2.96. The van der Waals surface area contributed by atoms with Gasteiger partial charge in [-0.1, -0.05) is 27.2 Å². The molecule has 0 aliphatic heterocycles. The van der Waals surface area contributed by atoms with Crippen molar-refractivity contribution >= 4 is 11.8 Å². The lowest BCUT2D eigenvalue weighted by Crippen LogP contribution is -2.34. The number of rotatable bonds is 8. The second-order valence-electron chi connectivity index (χ2n) is 4.88. The van der Waals surface area contributed by atoms with Crippen LogP contribution in [0.1, 0.15) is 46.5 Å². The van der Waals surface area contributed by atoms with Crippen LogP contribution in [0.15, 0.2) is 0 Å². The Balaban J connectivity index is 3.75. The van der Waals surface area contributed by atoms with Crippen LogP contribution in [0.5, 0.6) is 0 Å². The van der Waals surface area contributed by atoms with E-state index in [2.05, 4.69) is 26.1 Å². The van der Waals surface area contributed by atoms with Gasteiger partial charge in [0, 0.05) is 20.1 Å². The number of hydrogen-bond acceptors (Lipinski definition) is 2. The molecule has 2 amide bonds. The van der Waals surface area contributed by atoms with E-state index in [1.807, 2.05) is 0 Å². The van der Waals surface area contributed by atoms with Crippen molar-refractivity contribution in [2.45, 2.75) is 46.5 Å². The van der Waals surface area contributed by atoms with Gasteiger partial charge < -0.3 is 10.2 Å². The Morgan fingerprint density at radius 1 is 1.29 bits per heavy atom. The fraction of sp³-hybridized carbons (Fsp3) is 0.846. The zero-order valence-electron chi connectivity index (χ0n) is 11.6. The molecule has 17 heavy (non-hydrogen) atoms. The molecule has 100 valence electrons. The number of amides is 2. The van der Waals surface area contributed by atoms with E-state index in [1.54, 1.807) is 11.9 Å². The van der Waals surface area contributed by atoms with Gasteiger partial charge in [0.05, 0.1) is 0 Å². The molecule has 1 N–H and O–H groups in total. The molecule has 4 heteroatoms. The lowest BCUT2D eigenvalue weighted by atomic mass is 10.1. The maximum atomic E-state index is 11.6. The summed E-state index contributed by atoms with van der Waals surface area (Å²) < 4.78 is 0. The van der Waals surface area contributed by atoms with Gasteiger partial charge in [-0.25, -0.2) is 0 Å². The van der Waals surface area contributed by atoms with Gasteiger partial charge in [0.1, 0.15) is 6.42 Å². The minimum Gasteiger partial charge on any atom is -0.356 e. The van der Waals surface area contributed by atoms with Crippen LogP contribution in [0, 0.1) is 5.92 Å². The summed E-state index contributed by atoms with van der Waals surface area (Å²) >= 11 is 0. The summed E-state index contributed by atoms with van der Waals surface area (Å²) in [5, 5.41) is 2.77. The Kier molecular flexibility index (Phi) is 8.46. The molecule has 0 aromatic rings. The first-order valence-corrected chi connectivity index (χ1v) is 6.48. The van der Waals surface area contributed by atoms with Crippen molar-refractivity contribution in [3.8, 4) is 0 Å². The molecule has 4 nitrogen and oxygen atoms in total. The van der Waals surface area contributed by atoms with Crippen LogP contribution in [0.3, 0.4) is 0 Å². The molecule has 0 aliphatic carbocycles. The van der Waals surface area contributed by atoms with Gasteiger partial charge in [0.15, 0.2) is 0 Å². The summed E-state index contributed by atoms with van der Waals surface area (Å²) in [4.78, 5) is 24.7. The Morgan fingerprint density at radius 2 is 1.94 bits per heavy atom. The molecule has 0 saturated heterocycles. The molecule has 0 aliphatic rings. The molecular weight excluding hydrogens is 216 g/mol. The van der Waals surface area contributed by atoms with E-state index in [0.717, 1.165) is 25.8 Å². The Morgan fingerprint density at radius 3 is 2.47 bits per heavy atom. The highest BCUT2D eigenvalue weighted by Gasteiger charge is 2.12. The maximum Gasteiger partial charge on any atom is 0.231 e. The molecular formula is C13H26N2O2. The molecule has 0 bridgehead atoms. The predicted octanol–water partition coefficient (Wildman–Crippen LogP) is 1.80. The molecule has 0 unspecified atom stereocenters. The molecule has 0 aromatic carbocycles. The fourth-order valence-corrected chi connectivity index (χ4v) is 1.36. The summed E-state index contributed by atoms with van der Waals surface area (Å²) in [7, 11) is 1.75. The second kappa shape index (κ2) is 9.02. The summed E-state index contributed by atoms with van der Waals surface area (Å²) in [6.45, 7) is 7.68. The molecule has 0 saturated carbocycles. The van der Waals surface area contributed by atoms with Crippen molar-refractivity contribution in [2.24, 2.45) is 5.92 Å². The SMILES string of the molecule is CCCCN(C)C(=O)CC(=O)NCCC(C)C. The Labute approximate surface area is 105 Å². The molecule has 0 rings (SSSR count). The quantitative estimate of drug-likeness (QED) is 0.660. The summed E-state index contributed by atoms with van der Waals surface area (Å²) in [5.41, 5.74) is 0. The molecule has 0 atom stereocenters. The molecule has 0 radical (unpaired) electrons. The highest BCUT2D eigenvalue weighted by atomic mass is 16.2. The fourth-order valence-electron chi connectivity index (χ4n) is 1.36. The summed E-state index contributed by atoms with van der Waals surface area (Å²) in [6, 6.07) is 0. The zero-order valence-corrected chi connectivity index (χ0v) is 11.6. The van der Waals surface area contributed by atoms with Gasteiger partial charge in [-0.3, -0.25) is 9.59 Å². The number of hydrogen-bond donors (Lipinski definition) is 1. The van der Waals surface area contributed by atoms with E-state index in [0.29, 0.717) is 12.5 Å². The van der Waals surface area contributed by atoms with Crippen molar-refractivity contribution in [2.75, 3.05) is 20.1 Å². The van der Waals surface area contributed by atoms with Gasteiger partial charge in [-0.15, -0.1) is 0 Å². The van der Waals surface area contributed by atoms with Crippen LogP contribution in [-0.4, -0.2) is 36.9 Å². The van der Waals surface area contributed by atoms with Crippen molar-refractivity contribution in [3.63, 3.8) is 0 Å². The van der Waals surface area contributed by atoms with Gasteiger partial charge in [-0.05, 0) is 18.8 Å². The van der Waals surface area contributed by atoms with Crippen molar-refractivity contribution in [1.29, 1.82) is 0 Å². The third-order valence-corrected chi connectivity index (χ3v) is 2.63. The highest BCUT2D eigenvalue weighted by Crippen LogP contribution is 1.98. The first-order valence-electron chi connectivity index (χ1n) is 6.48. The average Bonchev–Trinajstić information content (AvgIpc) is 2.25. The van der Waals surface area contributed by atoms with Crippen LogP contribution < -0.4 is 5.32 Å². The minimum atomic E-state index is -0.168. The monoisotopic (exact) mass is 242 g/mol. The normalized spacial score (nSPS) is 10.4. The van der Waals surface area contributed by atoms with Crippen LogP contribution >= 0.6 is 0 Å². The number of nitrogens with zero attached hydrogens (tertiary/aromatic N) is 1.